The molecule has 5 heteroatoms. The molecule has 2 aliphatic rings. The Kier molecular flexibility index (Phi) is 4.34. The lowest BCUT2D eigenvalue weighted by molar-refractivity contribution is -0.117. The SMILES string of the molecule is Cc1cc(C)n(-c2cccc(NC(=O)C3CC4CCCCC4N3)c2)n1. The quantitative estimate of drug-likeness (QED) is 0.902. The molecule has 1 aromatic carbocycles. The molecule has 1 aliphatic carbocycles. The van der Waals surface area contributed by atoms with Gasteiger partial charge in [0.1, 0.15) is 0 Å². The van der Waals surface area contributed by atoms with E-state index in [2.05, 4.69) is 21.8 Å². The first-order valence-electron chi connectivity index (χ1n) is 9.31. The minimum atomic E-state index is -0.0644. The second-order valence-electron chi connectivity index (χ2n) is 7.48. The largest absolute Gasteiger partial charge is 0.325 e. The van der Waals surface area contributed by atoms with Crippen LogP contribution in [0.4, 0.5) is 5.69 Å². The number of hydrogen-bond donors (Lipinski definition) is 2. The molecule has 1 saturated carbocycles. The molecule has 25 heavy (non-hydrogen) atoms. The van der Waals surface area contributed by atoms with Gasteiger partial charge in [0.05, 0.1) is 17.4 Å². The van der Waals surface area contributed by atoms with Crippen LogP contribution in [0.5, 0.6) is 0 Å². The van der Waals surface area contributed by atoms with Gasteiger partial charge in [0.25, 0.3) is 0 Å². The molecule has 2 N–H and O–H groups in total. The number of aryl methyl sites for hydroxylation is 2. The zero-order chi connectivity index (χ0) is 17.4. The summed E-state index contributed by atoms with van der Waals surface area (Å²) in [7, 11) is 0. The molecule has 2 fully saturated rings. The summed E-state index contributed by atoms with van der Waals surface area (Å²) >= 11 is 0. The topological polar surface area (TPSA) is 59.0 Å². The van der Waals surface area contributed by atoms with Crippen molar-refractivity contribution in [1.29, 1.82) is 0 Å². The number of carbonyl (C=O) groups is 1. The molecule has 1 aliphatic heterocycles. The summed E-state index contributed by atoms with van der Waals surface area (Å²) in [5, 5.41) is 11.1. The molecule has 0 spiro atoms. The predicted molar refractivity (Wildman–Crippen MR) is 99.0 cm³/mol. The highest BCUT2D eigenvalue weighted by molar-refractivity contribution is 5.95. The van der Waals surface area contributed by atoms with Gasteiger partial charge in [-0.3, -0.25) is 4.79 Å². The Morgan fingerprint density at radius 3 is 2.84 bits per heavy atom. The van der Waals surface area contributed by atoms with Crippen LogP contribution < -0.4 is 10.6 Å². The summed E-state index contributed by atoms with van der Waals surface area (Å²) in [6.07, 6.45) is 6.03. The molecule has 1 amide bonds. The third kappa shape index (κ3) is 3.33. The van der Waals surface area contributed by atoms with Crippen molar-refractivity contribution in [3.63, 3.8) is 0 Å². The number of amides is 1. The maximum Gasteiger partial charge on any atom is 0.241 e. The number of benzene rings is 1. The van der Waals surface area contributed by atoms with Crippen LogP contribution in [0, 0.1) is 19.8 Å². The summed E-state index contributed by atoms with van der Waals surface area (Å²) in [5.41, 5.74) is 3.87. The van der Waals surface area contributed by atoms with Crippen molar-refractivity contribution in [3.8, 4) is 5.69 Å². The molecule has 1 aromatic heterocycles. The second kappa shape index (κ2) is 6.64. The van der Waals surface area contributed by atoms with Gasteiger partial charge in [0.2, 0.25) is 5.91 Å². The Morgan fingerprint density at radius 2 is 2.08 bits per heavy atom. The zero-order valence-corrected chi connectivity index (χ0v) is 15.0. The van der Waals surface area contributed by atoms with E-state index >= 15 is 0 Å². The van der Waals surface area contributed by atoms with E-state index in [-0.39, 0.29) is 11.9 Å². The molecular formula is C20H26N4O. The van der Waals surface area contributed by atoms with Crippen molar-refractivity contribution in [2.75, 3.05) is 5.32 Å². The fourth-order valence-electron chi connectivity index (χ4n) is 4.36. The van der Waals surface area contributed by atoms with Crippen molar-refractivity contribution in [2.45, 2.75) is 58.0 Å². The number of rotatable bonds is 3. The van der Waals surface area contributed by atoms with Gasteiger partial charge in [0.15, 0.2) is 0 Å². The molecule has 3 atom stereocenters. The Balaban J connectivity index is 1.47. The number of nitrogens with zero attached hydrogens (tertiary/aromatic N) is 2. The summed E-state index contributed by atoms with van der Waals surface area (Å²) in [6, 6.07) is 10.4. The molecule has 132 valence electrons. The summed E-state index contributed by atoms with van der Waals surface area (Å²) in [5.74, 6) is 0.755. The average molecular weight is 338 g/mol. The first-order chi connectivity index (χ1) is 12.1. The molecule has 0 bridgehead atoms. The Hall–Kier alpha value is -2.14. The molecule has 2 aromatic rings. The number of fused-ring (bicyclic) bond motifs is 1. The van der Waals surface area contributed by atoms with Gasteiger partial charge in [-0.1, -0.05) is 18.9 Å². The van der Waals surface area contributed by atoms with Crippen molar-refractivity contribution in [1.82, 2.24) is 15.1 Å². The number of anilines is 1. The molecule has 5 nitrogen and oxygen atoms in total. The molecule has 1 saturated heterocycles. The predicted octanol–water partition coefficient (Wildman–Crippen LogP) is 3.35. The van der Waals surface area contributed by atoms with E-state index in [1.807, 2.05) is 42.8 Å². The Bertz CT molecular complexity index is 768. The molecule has 2 heterocycles. The number of carbonyl (C=O) groups excluding carboxylic acids is 1. The van der Waals surface area contributed by atoms with Crippen LogP contribution >= 0.6 is 0 Å². The van der Waals surface area contributed by atoms with Crippen molar-refractivity contribution >= 4 is 11.6 Å². The molecule has 4 rings (SSSR count). The van der Waals surface area contributed by atoms with E-state index < -0.39 is 0 Å². The van der Waals surface area contributed by atoms with Crippen LogP contribution in [0.2, 0.25) is 0 Å². The van der Waals surface area contributed by atoms with Crippen molar-refractivity contribution in [3.05, 3.63) is 41.7 Å². The maximum absolute atomic E-state index is 12.7. The van der Waals surface area contributed by atoms with E-state index in [0.717, 1.165) is 29.2 Å². The average Bonchev–Trinajstić information content (AvgIpc) is 3.18. The van der Waals surface area contributed by atoms with Crippen LogP contribution in [-0.4, -0.2) is 27.8 Å². The van der Waals surface area contributed by atoms with E-state index in [4.69, 9.17) is 0 Å². The molecule has 3 unspecified atom stereocenters. The normalized spacial score (nSPS) is 25.6. The number of aromatic nitrogens is 2. The third-order valence-electron chi connectivity index (χ3n) is 5.55. The lowest BCUT2D eigenvalue weighted by Gasteiger charge is -2.24. The van der Waals surface area contributed by atoms with Crippen molar-refractivity contribution in [2.24, 2.45) is 5.92 Å². The number of hydrogen-bond acceptors (Lipinski definition) is 3. The second-order valence-corrected chi connectivity index (χ2v) is 7.48. The highest BCUT2D eigenvalue weighted by atomic mass is 16.2. The Morgan fingerprint density at radius 1 is 1.24 bits per heavy atom. The van der Waals surface area contributed by atoms with Crippen molar-refractivity contribution < 1.29 is 4.79 Å². The monoisotopic (exact) mass is 338 g/mol. The van der Waals surface area contributed by atoms with Crippen LogP contribution in [0.1, 0.15) is 43.5 Å². The first kappa shape index (κ1) is 16.3. The minimum absolute atomic E-state index is 0.0644. The fraction of sp³-hybridized carbons (Fsp3) is 0.500. The van der Waals surface area contributed by atoms with E-state index in [1.54, 1.807) is 0 Å². The highest BCUT2D eigenvalue weighted by Gasteiger charge is 2.38. The van der Waals surface area contributed by atoms with Crippen LogP contribution in [0.25, 0.3) is 5.69 Å². The summed E-state index contributed by atoms with van der Waals surface area (Å²) in [4.78, 5) is 12.7. The zero-order valence-electron chi connectivity index (χ0n) is 15.0. The van der Waals surface area contributed by atoms with Gasteiger partial charge in [-0.15, -0.1) is 0 Å². The Labute approximate surface area is 148 Å². The standard InChI is InChI=1S/C20H26N4O/c1-13-10-14(2)24(23-13)17-8-5-7-16(12-17)21-20(25)19-11-15-6-3-4-9-18(15)22-19/h5,7-8,10,12,15,18-19,22H,3-4,6,9,11H2,1-2H3,(H,21,25). The lowest BCUT2D eigenvalue weighted by atomic mass is 9.85. The van der Waals surface area contributed by atoms with Crippen LogP contribution in [0.3, 0.4) is 0 Å². The lowest BCUT2D eigenvalue weighted by Crippen LogP contribution is -2.39. The minimum Gasteiger partial charge on any atom is -0.325 e. The fourth-order valence-corrected chi connectivity index (χ4v) is 4.36. The smallest absolute Gasteiger partial charge is 0.241 e. The van der Waals surface area contributed by atoms with Gasteiger partial charge < -0.3 is 10.6 Å². The van der Waals surface area contributed by atoms with Gasteiger partial charge >= 0.3 is 0 Å². The third-order valence-corrected chi connectivity index (χ3v) is 5.55. The van der Waals surface area contributed by atoms with E-state index in [9.17, 15) is 4.79 Å². The summed E-state index contributed by atoms with van der Waals surface area (Å²) < 4.78 is 1.91. The van der Waals surface area contributed by atoms with Gasteiger partial charge in [-0.2, -0.15) is 5.10 Å². The van der Waals surface area contributed by atoms with E-state index in [1.165, 1.54) is 25.7 Å². The number of nitrogens with one attached hydrogen (secondary N) is 2. The molecular weight excluding hydrogens is 312 g/mol. The first-order valence-corrected chi connectivity index (χ1v) is 9.31. The van der Waals surface area contributed by atoms with Crippen LogP contribution in [-0.2, 0) is 4.79 Å². The maximum atomic E-state index is 12.7. The highest BCUT2D eigenvalue weighted by Crippen LogP contribution is 2.33. The van der Waals surface area contributed by atoms with Gasteiger partial charge in [-0.25, -0.2) is 4.68 Å². The summed E-state index contributed by atoms with van der Waals surface area (Å²) in [6.45, 7) is 4.02. The van der Waals surface area contributed by atoms with Crippen LogP contribution in [0.15, 0.2) is 30.3 Å². The van der Waals surface area contributed by atoms with Gasteiger partial charge in [0, 0.05) is 17.4 Å². The molecule has 0 radical (unpaired) electrons. The van der Waals surface area contributed by atoms with E-state index in [0.29, 0.717) is 12.0 Å². The van der Waals surface area contributed by atoms with Gasteiger partial charge in [-0.05, 0) is 63.3 Å².